The quantitative estimate of drug-likeness (QED) is 0.597. The van der Waals surface area contributed by atoms with Crippen LogP contribution in [0.3, 0.4) is 0 Å². The molecule has 4 N–H and O–H groups in total. The maximum atomic E-state index is 5.74. The minimum absolute atomic E-state index is 0.0243. The molecule has 1 unspecified atom stereocenters. The monoisotopic (exact) mass is 150 g/mol. The first-order valence-electron chi connectivity index (χ1n) is 3.73. The molecule has 1 rings (SSSR count). The SMILES string of the molecule is Cc1cccc(N)c1C(C)N. The van der Waals surface area contributed by atoms with Crippen LogP contribution in [0.4, 0.5) is 5.69 Å². The van der Waals surface area contributed by atoms with Crippen molar-refractivity contribution in [3.8, 4) is 0 Å². The molecule has 0 aliphatic heterocycles. The topological polar surface area (TPSA) is 52.0 Å². The van der Waals surface area contributed by atoms with Crippen LogP contribution in [0, 0.1) is 6.92 Å². The molecule has 11 heavy (non-hydrogen) atoms. The molecule has 0 heterocycles. The molecule has 0 amide bonds. The van der Waals surface area contributed by atoms with E-state index in [0.717, 1.165) is 11.3 Å². The van der Waals surface area contributed by atoms with Gasteiger partial charge in [0.05, 0.1) is 0 Å². The van der Waals surface area contributed by atoms with Crippen molar-refractivity contribution in [2.45, 2.75) is 19.9 Å². The summed E-state index contributed by atoms with van der Waals surface area (Å²) in [6.45, 7) is 3.97. The van der Waals surface area contributed by atoms with Gasteiger partial charge in [-0.25, -0.2) is 0 Å². The summed E-state index contributed by atoms with van der Waals surface area (Å²) >= 11 is 0. The molecule has 1 aromatic carbocycles. The maximum Gasteiger partial charge on any atom is 0.0365 e. The molecule has 0 aliphatic rings. The molecule has 0 aliphatic carbocycles. The number of nitrogen functional groups attached to an aromatic ring is 1. The Kier molecular flexibility index (Phi) is 2.15. The number of aryl methyl sites for hydroxylation is 1. The number of hydrogen-bond acceptors (Lipinski definition) is 2. The lowest BCUT2D eigenvalue weighted by Gasteiger charge is -2.11. The van der Waals surface area contributed by atoms with Gasteiger partial charge in [0.25, 0.3) is 0 Å². The van der Waals surface area contributed by atoms with Crippen LogP contribution in [-0.4, -0.2) is 0 Å². The Bertz CT molecular complexity index is 233. The molecular weight excluding hydrogens is 136 g/mol. The van der Waals surface area contributed by atoms with Crippen molar-refractivity contribution in [3.05, 3.63) is 29.3 Å². The van der Waals surface area contributed by atoms with Crippen molar-refractivity contribution in [2.24, 2.45) is 5.73 Å². The summed E-state index contributed by atoms with van der Waals surface area (Å²) in [4.78, 5) is 0. The van der Waals surface area contributed by atoms with Gasteiger partial charge >= 0.3 is 0 Å². The first-order chi connectivity index (χ1) is 5.13. The second-order valence-electron chi connectivity index (χ2n) is 2.87. The van der Waals surface area contributed by atoms with Gasteiger partial charge in [-0.2, -0.15) is 0 Å². The van der Waals surface area contributed by atoms with Gasteiger partial charge < -0.3 is 11.5 Å². The Balaban J connectivity index is 3.21. The largest absolute Gasteiger partial charge is 0.398 e. The minimum Gasteiger partial charge on any atom is -0.398 e. The highest BCUT2D eigenvalue weighted by atomic mass is 14.7. The van der Waals surface area contributed by atoms with Crippen LogP contribution in [0.1, 0.15) is 24.1 Å². The zero-order valence-electron chi connectivity index (χ0n) is 6.96. The average molecular weight is 150 g/mol. The van der Waals surface area contributed by atoms with E-state index in [4.69, 9.17) is 11.5 Å². The van der Waals surface area contributed by atoms with E-state index in [0.29, 0.717) is 0 Å². The predicted octanol–water partition coefficient (Wildman–Crippen LogP) is 1.60. The van der Waals surface area contributed by atoms with E-state index in [2.05, 4.69) is 0 Å². The molecule has 60 valence electrons. The van der Waals surface area contributed by atoms with E-state index >= 15 is 0 Å². The molecule has 0 spiro atoms. The highest BCUT2D eigenvalue weighted by molar-refractivity contribution is 5.51. The molecule has 2 heteroatoms. The van der Waals surface area contributed by atoms with Gasteiger partial charge in [0, 0.05) is 11.7 Å². The second kappa shape index (κ2) is 2.93. The average Bonchev–Trinajstić information content (AvgIpc) is 1.85. The zero-order valence-corrected chi connectivity index (χ0v) is 6.96. The van der Waals surface area contributed by atoms with Crippen LogP contribution in [0.15, 0.2) is 18.2 Å². The molecule has 0 bridgehead atoms. The Morgan fingerprint density at radius 3 is 2.36 bits per heavy atom. The lowest BCUT2D eigenvalue weighted by Crippen LogP contribution is -2.09. The fourth-order valence-corrected chi connectivity index (χ4v) is 1.33. The summed E-state index contributed by atoms with van der Waals surface area (Å²) in [6.07, 6.45) is 0. The van der Waals surface area contributed by atoms with E-state index in [1.807, 2.05) is 32.0 Å². The molecule has 0 aromatic heterocycles. The molecule has 0 radical (unpaired) electrons. The van der Waals surface area contributed by atoms with Crippen LogP contribution in [0.5, 0.6) is 0 Å². The summed E-state index contributed by atoms with van der Waals surface area (Å²) < 4.78 is 0. The van der Waals surface area contributed by atoms with Gasteiger partial charge in [-0.1, -0.05) is 12.1 Å². The van der Waals surface area contributed by atoms with Crippen molar-refractivity contribution in [2.75, 3.05) is 5.73 Å². The molecule has 1 atom stereocenters. The molecule has 0 saturated heterocycles. The summed E-state index contributed by atoms with van der Waals surface area (Å²) in [6, 6.07) is 5.87. The third kappa shape index (κ3) is 1.52. The van der Waals surface area contributed by atoms with Gasteiger partial charge in [-0.05, 0) is 31.0 Å². The van der Waals surface area contributed by atoms with E-state index in [9.17, 15) is 0 Å². The van der Waals surface area contributed by atoms with Crippen LogP contribution in [0.25, 0.3) is 0 Å². The zero-order chi connectivity index (χ0) is 8.43. The Hall–Kier alpha value is -1.02. The van der Waals surface area contributed by atoms with E-state index in [-0.39, 0.29) is 6.04 Å². The number of nitrogens with two attached hydrogens (primary N) is 2. The smallest absolute Gasteiger partial charge is 0.0365 e. The standard InChI is InChI=1S/C9H14N2/c1-6-4-3-5-8(11)9(6)7(2)10/h3-5,7H,10-11H2,1-2H3. The van der Waals surface area contributed by atoms with Gasteiger partial charge in [-0.15, -0.1) is 0 Å². The number of hydrogen-bond donors (Lipinski definition) is 2. The van der Waals surface area contributed by atoms with Gasteiger partial charge in [0.2, 0.25) is 0 Å². The van der Waals surface area contributed by atoms with Crippen molar-refractivity contribution in [1.29, 1.82) is 0 Å². The first-order valence-corrected chi connectivity index (χ1v) is 3.73. The Morgan fingerprint density at radius 1 is 1.36 bits per heavy atom. The van der Waals surface area contributed by atoms with Gasteiger partial charge in [0.15, 0.2) is 0 Å². The van der Waals surface area contributed by atoms with Gasteiger partial charge in [0.1, 0.15) is 0 Å². The lowest BCUT2D eigenvalue weighted by molar-refractivity contribution is 0.813. The van der Waals surface area contributed by atoms with Crippen LogP contribution in [0.2, 0.25) is 0 Å². The Labute approximate surface area is 67.2 Å². The minimum atomic E-state index is 0.0243. The van der Waals surface area contributed by atoms with Crippen LogP contribution < -0.4 is 11.5 Å². The predicted molar refractivity (Wildman–Crippen MR) is 48.2 cm³/mol. The number of benzene rings is 1. The molecule has 2 nitrogen and oxygen atoms in total. The molecular formula is C9H14N2. The second-order valence-corrected chi connectivity index (χ2v) is 2.87. The fourth-order valence-electron chi connectivity index (χ4n) is 1.33. The highest BCUT2D eigenvalue weighted by Gasteiger charge is 2.05. The van der Waals surface area contributed by atoms with Crippen molar-refractivity contribution >= 4 is 5.69 Å². The highest BCUT2D eigenvalue weighted by Crippen LogP contribution is 2.21. The molecule has 0 fully saturated rings. The Morgan fingerprint density at radius 2 is 2.00 bits per heavy atom. The normalized spacial score (nSPS) is 13.0. The van der Waals surface area contributed by atoms with Crippen LogP contribution >= 0.6 is 0 Å². The molecule has 0 saturated carbocycles. The first kappa shape index (κ1) is 8.08. The third-order valence-electron chi connectivity index (χ3n) is 1.81. The number of rotatable bonds is 1. The van der Waals surface area contributed by atoms with Crippen molar-refractivity contribution < 1.29 is 0 Å². The lowest BCUT2D eigenvalue weighted by atomic mass is 10.0. The third-order valence-corrected chi connectivity index (χ3v) is 1.81. The summed E-state index contributed by atoms with van der Waals surface area (Å²) in [5.74, 6) is 0. The summed E-state index contributed by atoms with van der Waals surface area (Å²) in [7, 11) is 0. The number of anilines is 1. The van der Waals surface area contributed by atoms with E-state index in [1.54, 1.807) is 0 Å². The van der Waals surface area contributed by atoms with Crippen molar-refractivity contribution in [1.82, 2.24) is 0 Å². The summed E-state index contributed by atoms with van der Waals surface area (Å²) in [5.41, 5.74) is 14.5. The fraction of sp³-hybridized carbons (Fsp3) is 0.333. The maximum absolute atomic E-state index is 5.74. The van der Waals surface area contributed by atoms with Crippen LogP contribution in [-0.2, 0) is 0 Å². The van der Waals surface area contributed by atoms with Gasteiger partial charge in [-0.3, -0.25) is 0 Å². The summed E-state index contributed by atoms with van der Waals surface area (Å²) in [5, 5.41) is 0. The van der Waals surface area contributed by atoms with E-state index < -0.39 is 0 Å². The van der Waals surface area contributed by atoms with Crippen molar-refractivity contribution in [3.63, 3.8) is 0 Å². The van der Waals surface area contributed by atoms with E-state index in [1.165, 1.54) is 5.56 Å². The molecule has 1 aromatic rings.